The smallest absolute Gasteiger partial charge is 0.333 e. The molecule has 0 saturated heterocycles. The first kappa shape index (κ1) is 27.0. The summed E-state index contributed by atoms with van der Waals surface area (Å²) in [4.78, 5) is 12.1. The van der Waals surface area contributed by atoms with Crippen LogP contribution < -0.4 is 0 Å². The second-order valence-electron chi connectivity index (χ2n) is 9.32. The van der Waals surface area contributed by atoms with Crippen LogP contribution in [0.1, 0.15) is 136 Å². The van der Waals surface area contributed by atoms with Gasteiger partial charge in [0, 0.05) is 5.57 Å². The average Bonchev–Trinajstić information content (AvgIpc) is 2.76. The fourth-order valence-corrected chi connectivity index (χ4v) is 4.35. The molecule has 1 fully saturated rings. The number of hydrogen-bond acceptors (Lipinski definition) is 2. The van der Waals surface area contributed by atoms with E-state index in [1.807, 2.05) is 6.92 Å². The van der Waals surface area contributed by atoms with Gasteiger partial charge >= 0.3 is 5.97 Å². The molecule has 0 radical (unpaired) electrons. The number of carbonyl (C=O) groups is 1. The molecular weight excluding hydrogens is 368 g/mol. The van der Waals surface area contributed by atoms with E-state index in [2.05, 4.69) is 25.2 Å². The molecule has 1 aliphatic carbocycles. The minimum atomic E-state index is -0.103. The average molecular weight is 419 g/mol. The van der Waals surface area contributed by atoms with Gasteiger partial charge in [0.2, 0.25) is 0 Å². The van der Waals surface area contributed by atoms with Crippen LogP contribution in [0.5, 0.6) is 0 Å². The number of esters is 1. The normalized spacial score (nSPS) is 15.7. The fourth-order valence-electron chi connectivity index (χ4n) is 4.35. The molecule has 30 heavy (non-hydrogen) atoms. The largest absolute Gasteiger partial charge is 0.462 e. The lowest BCUT2D eigenvalue weighted by atomic mass is 9.88. The molecule has 0 aliphatic heterocycles. The van der Waals surface area contributed by atoms with Crippen molar-refractivity contribution >= 4 is 5.97 Å². The minimum absolute atomic E-state index is 0.103. The summed E-state index contributed by atoms with van der Waals surface area (Å²) in [6.07, 6.45) is 31.6. The summed E-state index contributed by atoms with van der Waals surface area (Å²) in [7, 11) is 0. The van der Waals surface area contributed by atoms with Gasteiger partial charge in [-0.1, -0.05) is 102 Å². The molecule has 0 aromatic rings. The second kappa shape index (κ2) is 19.9. The van der Waals surface area contributed by atoms with Crippen molar-refractivity contribution in [3.63, 3.8) is 0 Å². The maximum atomic E-state index is 12.1. The molecule has 174 valence electrons. The predicted molar refractivity (Wildman–Crippen MR) is 131 cm³/mol. The van der Waals surface area contributed by atoms with Crippen molar-refractivity contribution in [1.82, 2.24) is 0 Å². The van der Waals surface area contributed by atoms with Crippen LogP contribution in [0.4, 0.5) is 0 Å². The van der Waals surface area contributed by atoms with Gasteiger partial charge in [-0.05, 0) is 57.8 Å². The highest BCUT2D eigenvalue weighted by atomic mass is 16.5. The molecule has 2 nitrogen and oxygen atoms in total. The lowest BCUT2D eigenvalue weighted by Gasteiger charge is -2.18. The molecule has 1 rings (SSSR count). The van der Waals surface area contributed by atoms with Crippen molar-refractivity contribution in [1.29, 1.82) is 0 Å². The highest BCUT2D eigenvalue weighted by Crippen LogP contribution is 2.25. The zero-order valence-electron chi connectivity index (χ0n) is 20.3. The Morgan fingerprint density at radius 1 is 0.767 bits per heavy atom. The van der Waals surface area contributed by atoms with Crippen molar-refractivity contribution in [3.05, 3.63) is 23.8 Å². The Labute approximate surface area is 187 Å². The summed E-state index contributed by atoms with van der Waals surface area (Å²) in [6, 6.07) is 0. The Morgan fingerprint density at radius 3 is 1.90 bits per heavy atom. The Kier molecular flexibility index (Phi) is 17.9. The summed E-state index contributed by atoms with van der Waals surface area (Å²) in [6.45, 7) is 4.77. The molecular formula is C28H50O2. The van der Waals surface area contributed by atoms with Crippen LogP contribution >= 0.6 is 0 Å². The van der Waals surface area contributed by atoms with Crippen molar-refractivity contribution < 1.29 is 9.53 Å². The van der Waals surface area contributed by atoms with E-state index in [0.717, 1.165) is 12.0 Å². The van der Waals surface area contributed by atoms with E-state index >= 15 is 0 Å². The third-order valence-corrected chi connectivity index (χ3v) is 6.35. The highest BCUT2D eigenvalue weighted by Gasteiger charge is 2.13. The SMILES string of the molecule is CCCCCCCC/C=C\CCCCCCCCOC(=O)C(C)=CC1CCCCC1. The Bertz CT molecular complexity index is 457. The van der Waals surface area contributed by atoms with Gasteiger partial charge in [-0.15, -0.1) is 0 Å². The van der Waals surface area contributed by atoms with E-state index in [1.165, 1.54) is 116 Å². The van der Waals surface area contributed by atoms with Crippen LogP contribution in [0, 0.1) is 5.92 Å². The van der Waals surface area contributed by atoms with Crippen molar-refractivity contribution in [2.24, 2.45) is 5.92 Å². The number of hydrogen-bond donors (Lipinski definition) is 0. The molecule has 2 heteroatoms. The Morgan fingerprint density at radius 2 is 1.30 bits per heavy atom. The molecule has 0 amide bonds. The standard InChI is InChI=1S/C28H50O2/c1-3-4-5-6-7-8-9-10-11-12-13-14-15-16-17-21-24-30-28(29)26(2)25-27-22-19-18-20-23-27/h10-11,25,27H,3-9,12-24H2,1-2H3/b11-10-,26-25?. The fraction of sp³-hybridized carbons (Fsp3) is 0.821. The van der Waals surface area contributed by atoms with E-state index in [9.17, 15) is 4.79 Å². The van der Waals surface area contributed by atoms with Gasteiger partial charge < -0.3 is 4.74 Å². The number of rotatable bonds is 18. The molecule has 0 N–H and O–H groups in total. The number of unbranched alkanes of at least 4 members (excludes halogenated alkanes) is 12. The van der Waals surface area contributed by atoms with Gasteiger partial charge in [-0.2, -0.15) is 0 Å². The first-order valence-corrected chi connectivity index (χ1v) is 13.2. The Balaban J connectivity index is 1.85. The highest BCUT2D eigenvalue weighted by molar-refractivity contribution is 5.87. The van der Waals surface area contributed by atoms with E-state index in [0.29, 0.717) is 12.5 Å². The van der Waals surface area contributed by atoms with Gasteiger partial charge in [0.05, 0.1) is 6.61 Å². The quantitative estimate of drug-likeness (QED) is 0.0960. The first-order valence-electron chi connectivity index (χ1n) is 13.2. The van der Waals surface area contributed by atoms with Crippen LogP contribution in [-0.4, -0.2) is 12.6 Å². The van der Waals surface area contributed by atoms with Gasteiger partial charge in [-0.3, -0.25) is 0 Å². The lowest BCUT2D eigenvalue weighted by Crippen LogP contribution is -2.10. The third-order valence-electron chi connectivity index (χ3n) is 6.35. The molecule has 0 atom stereocenters. The molecule has 0 unspecified atom stereocenters. The van der Waals surface area contributed by atoms with Crippen LogP contribution in [0.15, 0.2) is 23.8 Å². The second-order valence-corrected chi connectivity index (χ2v) is 9.32. The summed E-state index contributed by atoms with van der Waals surface area (Å²) >= 11 is 0. The van der Waals surface area contributed by atoms with Crippen LogP contribution in [0.3, 0.4) is 0 Å². The van der Waals surface area contributed by atoms with Gasteiger partial charge in [0.15, 0.2) is 0 Å². The predicted octanol–water partition coefficient (Wildman–Crippen LogP) is 9.09. The zero-order chi connectivity index (χ0) is 21.7. The van der Waals surface area contributed by atoms with Crippen molar-refractivity contribution in [2.75, 3.05) is 6.61 Å². The maximum absolute atomic E-state index is 12.1. The molecule has 0 aromatic heterocycles. The van der Waals surface area contributed by atoms with E-state index in [1.54, 1.807) is 0 Å². The number of ether oxygens (including phenoxy) is 1. The molecule has 1 saturated carbocycles. The summed E-state index contributed by atoms with van der Waals surface area (Å²) < 4.78 is 5.45. The minimum Gasteiger partial charge on any atom is -0.462 e. The van der Waals surface area contributed by atoms with Crippen molar-refractivity contribution in [2.45, 2.75) is 136 Å². The topological polar surface area (TPSA) is 26.3 Å². The molecule has 0 heterocycles. The zero-order valence-corrected chi connectivity index (χ0v) is 20.3. The van der Waals surface area contributed by atoms with Crippen LogP contribution in [-0.2, 0) is 9.53 Å². The van der Waals surface area contributed by atoms with E-state index in [4.69, 9.17) is 4.74 Å². The molecule has 0 bridgehead atoms. The lowest BCUT2D eigenvalue weighted by molar-refractivity contribution is -0.139. The number of allylic oxidation sites excluding steroid dienone is 3. The maximum Gasteiger partial charge on any atom is 0.333 e. The van der Waals surface area contributed by atoms with Gasteiger partial charge in [0.25, 0.3) is 0 Å². The summed E-state index contributed by atoms with van der Waals surface area (Å²) in [5.41, 5.74) is 0.812. The molecule has 1 aliphatic rings. The monoisotopic (exact) mass is 418 g/mol. The van der Waals surface area contributed by atoms with Crippen LogP contribution in [0.2, 0.25) is 0 Å². The summed E-state index contributed by atoms with van der Waals surface area (Å²) in [5.74, 6) is 0.491. The van der Waals surface area contributed by atoms with Gasteiger partial charge in [0.1, 0.15) is 0 Å². The third kappa shape index (κ3) is 15.7. The Hall–Kier alpha value is -1.05. The first-order chi connectivity index (χ1) is 14.7. The van der Waals surface area contributed by atoms with E-state index in [-0.39, 0.29) is 5.97 Å². The van der Waals surface area contributed by atoms with Crippen LogP contribution in [0.25, 0.3) is 0 Å². The number of carbonyl (C=O) groups excluding carboxylic acids is 1. The van der Waals surface area contributed by atoms with Gasteiger partial charge in [-0.25, -0.2) is 4.79 Å². The van der Waals surface area contributed by atoms with E-state index < -0.39 is 0 Å². The molecule has 0 spiro atoms. The summed E-state index contributed by atoms with van der Waals surface area (Å²) in [5, 5.41) is 0. The molecule has 0 aromatic carbocycles. The van der Waals surface area contributed by atoms with Crippen molar-refractivity contribution in [3.8, 4) is 0 Å².